The number of carboxylic acids is 1. The van der Waals surface area contributed by atoms with Crippen molar-refractivity contribution < 1.29 is 42.3 Å². The number of carbonyl (C=O) groups excluding carboxylic acids is 2. The number of benzene rings is 2. The first-order valence-electron chi connectivity index (χ1n) is 13.6. The van der Waals surface area contributed by atoms with Gasteiger partial charge in [0.2, 0.25) is 10.0 Å². The first-order chi connectivity index (χ1) is 20.1. The molecule has 1 saturated heterocycles. The van der Waals surface area contributed by atoms with E-state index in [-0.39, 0.29) is 22.2 Å². The van der Waals surface area contributed by atoms with Gasteiger partial charge in [-0.05, 0) is 82.3 Å². The van der Waals surface area contributed by atoms with Crippen LogP contribution < -0.4 is 14.8 Å². The molecular formula is C28H36N4O10S. The van der Waals surface area contributed by atoms with E-state index in [0.717, 1.165) is 43.5 Å². The maximum atomic E-state index is 12.6. The fraction of sp³-hybridized carbons (Fsp3) is 0.464. The Hall–Kier alpha value is -4.24. The molecule has 1 atom stereocenters. The number of rotatable bonds is 12. The number of ether oxygens (including phenoxy) is 2. The molecule has 3 rings (SSSR count). The van der Waals surface area contributed by atoms with Gasteiger partial charge in [-0.2, -0.15) is 4.72 Å². The molecule has 0 spiro atoms. The molecule has 43 heavy (non-hydrogen) atoms. The summed E-state index contributed by atoms with van der Waals surface area (Å²) in [6.45, 7) is 6.68. The number of nitro benzene ring substituents is 1. The molecule has 234 valence electrons. The average Bonchev–Trinajstić information content (AvgIpc) is 2.94. The molecule has 2 aromatic rings. The minimum atomic E-state index is -4.34. The maximum Gasteiger partial charge on any atom is 0.410 e. The van der Waals surface area contributed by atoms with E-state index in [1.807, 2.05) is 25.5 Å². The number of aliphatic carboxylic acids is 1. The normalized spacial score (nSPS) is 14.9. The minimum absolute atomic E-state index is 0.212. The molecule has 0 bridgehead atoms. The molecule has 1 aliphatic rings. The van der Waals surface area contributed by atoms with Gasteiger partial charge in [0.25, 0.3) is 11.6 Å². The van der Waals surface area contributed by atoms with Crippen LogP contribution in [0.3, 0.4) is 0 Å². The Morgan fingerprint density at radius 1 is 1.07 bits per heavy atom. The van der Waals surface area contributed by atoms with Crippen molar-refractivity contribution >= 4 is 33.7 Å². The van der Waals surface area contributed by atoms with Crippen LogP contribution in [0, 0.1) is 16.0 Å². The average molecular weight is 621 g/mol. The van der Waals surface area contributed by atoms with Crippen LogP contribution in [0.25, 0.3) is 0 Å². The van der Waals surface area contributed by atoms with Gasteiger partial charge in [-0.25, -0.2) is 13.2 Å². The molecule has 0 radical (unpaired) electrons. The third-order valence-electron chi connectivity index (χ3n) is 6.60. The molecule has 0 saturated carbocycles. The molecule has 2 amide bonds. The highest BCUT2D eigenvalue weighted by Gasteiger charge is 2.28. The van der Waals surface area contributed by atoms with Crippen molar-refractivity contribution in [1.82, 2.24) is 14.9 Å². The summed E-state index contributed by atoms with van der Waals surface area (Å²) in [6.07, 6.45) is 2.21. The summed E-state index contributed by atoms with van der Waals surface area (Å²) >= 11 is 0. The Morgan fingerprint density at radius 3 is 2.21 bits per heavy atom. The standard InChI is InChI=1S/C28H36N4O10S/c1-28(2,3)42-27(36)31-15-12-19(13-16-31)14-17-41-22-8-4-20(5-9-22)25(33)29-18-24(26(34)35)30-43(39,40)23-10-6-21(7-11-23)32(37)38/h4-11,19,24,30H,12-18H2,1-3H3,(H,29,33)(H,34,35). The molecule has 1 fully saturated rings. The Kier molecular flexibility index (Phi) is 11.1. The topological polar surface area (TPSA) is 194 Å². The Morgan fingerprint density at radius 2 is 1.67 bits per heavy atom. The maximum absolute atomic E-state index is 12.6. The lowest BCUT2D eigenvalue weighted by atomic mass is 9.94. The van der Waals surface area contributed by atoms with Crippen LogP contribution in [-0.2, 0) is 19.6 Å². The number of non-ortho nitro benzene ring substituents is 1. The molecule has 1 heterocycles. The number of hydrogen-bond donors (Lipinski definition) is 3. The summed E-state index contributed by atoms with van der Waals surface area (Å²) in [5, 5.41) is 22.6. The molecule has 14 nitrogen and oxygen atoms in total. The molecule has 1 unspecified atom stereocenters. The zero-order valence-corrected chi connectivity index (χ0v) is 25.0. The quantitative estimate of drug-likeness (QED) is 0.234. The fourth-order valence-electron chi connectivity index (χ4n) is 4.26. The fourth-order valence-corrected chi connectivity index (χ4v) is 5.44. The van der Waals surface area contributed by atoms with Gasteiger partial charge >= 0.3 is 12.1 Å². The van der Waals surface area contributed by atoms with Crippen molar-refractivity contribution in [1.29, 1.82) is 0 Å². The number of amides is 2. The highest BCUT2D eigenvalue weighted by molar-refractivity contribution is 7.89. The predicted octanol–water partition coefficient (Wildman–Crippen LogP) is 3.17. The van der Waals surface area contributed by atoms with Crippen LogP contribution in [0.5, 0.6) is 5.75 Å². The van der Waals surface area contributed by atoms with E-state index >= 15 is 0 Å². The van der Waals surface area contributed by atoms with Crippen LogP contribution in [-0.4, -0.2) is 79.2 Å². The number of carbonyl (C=O) groups is 3. The number of nitrogens with one attached hydrogen (secondary N) is 2. The molecule has 3 N–H and O–H groups in total. The van der Waals surface area contributed by atoms with Gasteiger partial charge in [0.15, 0.2) is 0 Å². The SMILES string of the molecule is CC(C)(C)OC(=O)N1CCC(CCOc2ccc(C(=O)NCC(NS(=O)(=O)c3ccc([N+](=O)[O-])cc3)C(=O)O)cc2)CC1. The van der Waals surface area contributed by atoms with Gasteiger partial charge in [-0.15, -0.1) is 0 Å². The van der Waals surface area contributed by atoms with E-state index in [4.69, 9.17) is 9.47 Å². The van der Waals surface area contributed by atoms with Gasteiger partial charge < -0.3 is 24.8 Å². The van der Waals surface area contributed by atoms with Gasteiger partial charge in [0, 0.05) is 37.3 Å². The Bertz CT molecular complexity index is 1400. The largest absolute Gasteiger partial charge is 0.494 e. The number of likely N-dealkylation sites (tertiary alicyclic amines) is 1. The number of nitro groups is 1. The van der Waals surface area contributed by atoms with Crippen LogP contribution in [0.1, 0.15) is 50.4 Å². The predicted molar refractivity (Wildman–Crippen MR) is 154 cm³/mol. The zero-order valence-electron chi connectivity index (χ0n) is 24.1. The lowest BCUT2D eigenvalue weighted by Crippen LogP contribution is -2.48. The van der Waals surface area contributed by atoms with Crippen molar-refractivity contribution in [3.05, 3.63) is 64.2 Å². The monoisotopic (exact) mass is 620 g/mol. The number of piperidine rings is 1. The van der Waals surface area contributed by atoms with Gasteiger partial charge in [0.05, 0.1) is 16.4 Å². The second kappa shape index (κ2) is 14.3. The van der Waals surface area contributed by atoms with Gasteiger partial charge in [0.1, 0.15) is 17.4 Å². The summed E-state index contributed by atoms with van der Waals surface area (Å²) in [4.78, 5) is 47.9. The minimum Gasteiger partial charge on any atom is -0.494 e. The molecule has 2 aromatic carbocycles. The van der Waals surface area contributed by atoms with Gasteiger partial charge in [-0.1, -0.05) is 0 Å². The van der Waals surface area contributed by atoms with Crippen LogP contribution in [0.2, 0.25) is 0 Å². The smallest absolute Gasteiger partial charge is 0.410 e. The van der Waals surface area contributed by atoms with Crippen molar-refractivity contribution in [3.63, 3.8) is 0 Å². The van der Waals surface area contributed by atoms with Crippen molar-refractivity contribution in [2.24, 2.45) is 5.92 Å². The van der Waals surface area contributed by atoms with Crippen LogP contribution in [0.15, 0.2) is 53.4 Å². The van der Waals surface area contributed by atoms with Crippen LogP contribution >= 0.6 is 0 Å². The third kappa shape index (κ3) is 10.2. The third-order valence-corrected chi connectivity index (χ3v) is 8.09. The van der Waals surface area contributed by atoms with E-state index in [2.05, 4.69) is 5.32 Å². The van der Waals surface area contributed by atoms with E-state index in [0.29, 0.717) is 31.4 Å². The number of carboxylic acid groups (broad SMARTS) is 1. The lowest BCUT2D eigenvalue weighted by Gasteiger charge is -2.33. The van der Waals surface area contributed by atoms with Crippen molar-refractivity contribution in [3.8, 4) is 5.75 Å². The van der Waals surface area contributed by atoms with E-state index in [9.17, 15) is 38.0 Å². The molecule has 0 aromatic heterocycles. The first kappa shape index (κ1) is 33.3. The Balaban J connectivity index is 1.44. The summed E-state index contributed by atoms with van der Waals surface area (Å²) in [5.41, 5.74) is -0.642. The number of hydrogen-bond acceptors (Lipinski definition) is 9. The molecule has 1 aliphatic heterocycles. The van der Waals surface area contributed by atoms with E-state index < -0.39 is 45.0 Å². The van der Waals surface area contributed by atoms with Crippen molar-refractivity contribution in [2.75, 3.05) is 26.2 Å². The summed E-state index contributed by atoms with van der Waals surface area (Å²) in [6, 6.07) is 8.45. The number of nitrogens with zero attached hydrogens (tertiary/aromatic N) is 2. The van der Waals surface area contributed by atoms with Crippen molar-refractivity contribution in [2.45, 2.75) is 56.6 Å². The van der Waals surface area contributed by atoms with Gasteiger partial charge in [-0.3, -0.25) is 19.7 Å². The summed E-state index contributed by atoms with van der Waals surface area (Å²) in [5.74, 6) is -1.19. The molecule has 15 heteroatoms. The first-order valence-corrected chi connectivity index (χ1v) is 15.1. The van der Waals surface area contributed by atoms with Crippen LogP contribution in [0.4, 0.5) is 10.5 Å². The molecular weight excluding hydrogens is 584 g/mol. The molecule has 0 aliphatic carbocycles. The summed E-state index contributed by atoms with van der Waals surface area (Å²) in [7, 11) is -4.34. The highest BCUT2D eigenvalue weighted by Crippen LogP contribution is 2.23. The second-order valence-corrected chi connectivity index (χ2v) is 12.8. The number of sulfonamides is 1. The zero-order chi connectivity index (χ0) is 31.8. The highest BCUT2D eigenvalue weighted by atomic mass is 32.2. The van der Waals surface area contributed by atoms with E-state index in [1.165, 1.54) is 12.1 Å². The lowest BCUT2D eigenvalue weighted by molar-refractivity contribution is -0.384. The van der Waals surface area contributed by atoms with E-state index in [1.54, 1.807) is 17.0 Å². The second-order valence-electron chi connectivity index (χ2n) is 11.0. The summed E-state index contributed by atoms with van der Waals surface area (Å²) < 4.78 is 38.3. The Labute approximate surface area is 249 Å².